The van der Waals surface area contributed by atoms with Crippen LogP contribution in [0.15, 0.2) is 36.4 Å². The van der Waals surface area contributed by atoms with Crippen LogP contribution in [0.3, 0.4) is 0 Å². The van der Waals surface area contributed by atoms with E-state index in [9.17, 15) is 15.0 Å². The van der Waals surface area contributed by atoms with Crippen molar-refractivity contribution >= 4 is 155 Å². The predicted molar refractivity (Wildman–Crippen MR) is 153 cm³/mol. The van der Waals surface area contributed by atoms with Gasteiger partial charge in [0, 0.05) is 43.1 Å². The number of benzene rings is 3. The molecule has 31 heavy (non-hydrogen) atoms. The van der Waals surface area contributed by atoms with Gasteiger partial charge in [0.15, 0.2) is 5.60 Å². The van der Waals surface area contributed by atoms with Crippen LogP contribution in [0.25, 0.3) is 0 Å². The molecule has 0 aliphatic carbocycles. The molecule has 3 aromatic rings. The standard InChI is InChI=1S/C20H8I4O5.2Na.2H/c21-15-13-14(16(22)18(24)17(15)23)20(29-19(13)27)9-3-1-7(25)5-11(9)28-12-6-8(26)2-4-10(12)20;;;;/h1-6,25-26H;;;;. The van der Waals surface area contributed by atoms with Gasteiger partial charge in [-0.15, -0.1) is 0 Å². The zero-order valence-electron chi connectivity index (χ0n) is 14.1. The Bertz CT molecular complexity index is 1210. The van der Waals surface area contributed by atoms with Crippen molar-refractivity contribution in [1.82, 2.24) is 0 Å². The third-order valence-electron chi connectivity index (χ3n) is 4.98. The van der Waals surface area contributed by atoms with Gasteiger partial charge in [-0.3, -0.25) is 0 Å². The van der Waals surface area contributed by atoms with E-state index in [-0.39, 0.29) is 70.6 Å². The number of phenolic OH excluding ortho intramolecular Hbond substituents is 2. The fourth-order valence-electron chi connectivity index (χ4n) is 3.81. The van der Waals surface area contributed by atoms with Crippen molar-refractivity contribution in [3.8, 4) is 23.0 Å². The van der Waals surface area contributed by atoms with E-state index in [1.165, 1.54) is 12.1 Å². The van der Waals surface area contributed by atoms with E-state index in [4.69, 9.17) is 9.47 Å². The molecule has 0 bridgehead atoms. The number of esters is 1. The summed E-state index contributed by atoms with van der Waals surface area (Å²) in [6, 6.07) is 9.53. The molecule has 1 spiro atoms. The Balaban J connectivity index is 0.00000136. The van der Waals surface area contributed by atoms with E-state index >= 15 is 0 Å². The van der Waals surface area contributed by atoms with E-state index in [2.05, 4.69) is 90.4 Å². The number of hydrogen-bond donors (Lipinski definition) is 2. The number of carbonyl (C=O) groups excluding carboxylic acids is 1. The van der Waals surface area contributed by atoms with Gasteiger partial charge < -0.3 is 19.7 Å². The van der Waals surface area contributed by atoms with Gasteiger partial charge in [-0.05, 0) is 115 Å². The Morgan fingerprint density at radius 1 is 0.742 bits per heavy atom. The molecule has 2 aliphatic rings. The fourth-order valence-corrected chi connectivity index (χ4v) is 7.60. The van der Waals surface area contributed by atoms with Crippen LogP contribution >= 0.6 is 90.4 Å². The van der Waals surface area contributed by atoms with E-state index in [0.717, 1.165) is 19.8 Å². The molecule has 0 saturated heterocycles. The number of fused-ring (bicyclic) bond motifs is 6. The van der Waals surface area contributed by atoms with Gasteiger partial charge in [-0.25, -0.2) is 4.79 Å². The van der Waals surface area contributed by atoms with Gasteiger partial charge in [0.1, 0.15) is 23.0 Å². The van der Waals surface area contributed by atoms with Crippen molar-refractivity contribution in [2.24, 2.45) is 0 Å². The van der Waals surface area contributed by atoms with Gasteiger partial charge in [-0.2, -0.15) is 0 Å². The van der Waals surface area contributed by atoms with Crippen LogP contribution in [0.5, 0.6) is 23.0 Å². The third-order valence-corrected chi connectivity index (χ3v) is 12.4. The molecular formula is C20H10I4Na2O5. The van der Waals surface area contributed by atoms with Gasteiger partial charge in [0.05, 0.1) is 5.56 Å². The molecule has 0 unspecified atom stereocenters. The number of hydrogen-bond acceptors (Lipinski definition) is 5. The van der Waals surface area contributed by atoms with Crippen LogP contribution in [-0.2, 0) is 10.3 Å². The molecule has 2 aliphatic heterocycles. The molecule has 0 amide bonds. The van der Waals surface area contributed by atoms with Gasteiger partial charge in [-0.1, -0.05) is 0 Å². The number of rotatable bonds is 0. The minimum atomic E-state index is -1.22. The molecule has 5 nitrogen and oxygen atoms in total. The normalized spacial score (nSPS) is 14.4. The zero-order valence-corrected chi connectivity index (χ0v) is 22.7. The van der Waals surface area contributed by atoms with Crippen molar-refractivity contribution in [2.75, 3.05) is 0 Å². The summed E-state index contributed by atoms with van der Waals surface area (Å²) >= 11 is 8.98. The maximum atomic E-state index is 13.2. The molecular weight excluding hydrogens is 874 g/mol. The molecule has 2 N–H and O–H groups in total. The van der Waals surface area contributed by atoms with Gasteiger partial charge in [0.2, 0.25) is 0 Å². The van der Waals surface area contributed by atoms with E-state index in [0.29, 0.717) is 28.2 Å². The summed E-state index contributed by atoms with van der Waals surface area (Å²) in [6.45, 7) is 0. The first-order valence-electron chi connectivity index (χ1n) is 8.20. The summed E-state index contributed by atoms with van der Waals surface area (Å²) < 4.78 is 16.0. The maximum absolute atomic E-state index is 13.2. The van der Waals surface area contributed by atoms with E-state index in [1.807, 2.05) is 0 Å². The second-order valence-corrected chi connectivity index (χ2v) is 10.9. The molecule has 0 aromatic heterocycles. The molecule has 0 radical (unpaired) electrons. The van der Waals surface area contributed by atoms with Crippen LogP contribution < -0.4 is 4.74 Å². The number of ether oxygens (including phenoxy) is 2. The Kier molecular flexibility index (Phi) is 8.58. The average molecular weight is 884 g/mol. The van der Waals surface area contributed by atoms with Crippen molar-refractivity contribution in [3.05, 3.63) is 72.9 Å². The Morgan fingerprint density at radius 3 is 1.74 bits per heavy atom. The van der Waals surface area contributed by atoms with Crippen molar-refractivity contribution in [1.29, 1.82) is 0 Å². The van der Waals surface area contributed by atoms with Crippen LogP contribution in [0.4, 0.5) is 0 Å². The summed E-state index contributed by atoms with van der Waals surface area (Å²) in [6.07, 6.45) is 0. The number of aromatic hydroxyl groups is 2. The Morgan fingerprint density at radius 2 is 1.23 bits per heavy atom. The van der Waals surface area contributed by atoms with Crippen molar-refractivity contribution in [3.63, 3.8) is 0 Å². The summed E-state index contributed by atoms with van der Waals surface area (Å²) in [5, 5.41) is 20.0. The second kappa shape index (κ2) is 9.84. The summed E-state index contributed by atoms with van der Waals surface area (Å²) in [7, 11) is 0. The molecule has 5 rings (SSSR count). The van der Waals surface area contributed by atoms with Crippen molar-refractivity contribution < 1.29 is 24.5 Å². The number of halogens is 4. The Hall–Kier alpha value is 1.45. The topological polar surface area (TPSA) is 76.0 Å². The predicted octanol–water partition coefficient (Wildman–Crippen LogP) is 4.79. The van der Waals surface area contributed by atoms with Crippen LogP contribution in [0.1, 0.15) is 27.0 Å². The quantitative estimate of drug-likeness (QED) is 0.112. The molecule has 11 heteroatoms. The first-order chi connectivity index (χ1) is 13.8. The average Bonchev–Trinajstić information content (AvgIpc) is 2.97. The first-order valence-corrected chi connectivity index (χ1v) is 12.5. The first kappa shape index (κ1) is 27.0. The van der Waals surface area contributed by atoms with Crippen LogP contribution in [0.2, 0.25) is 0 Å². The van der Waals surface area contributed by atoms with E-state index < -0.39 is 11.6 Å². The molecule has 0 atom stereocenters. The van der Waals surface area contributed by atoms with Crippen LogP contribution in [0, 0.1) is 14.3 Å². The summed E-state index contributed by atoms with van der Waals surface area (Å²) in [5.41, 5.74) is 1.34. The number of carbonyl (C=O) groups is 1. The fraction of sp³-hybridized carbons (Fsp3) is 0.0500. The van der Waals surface area contributed by atoms with Gasteiger partial charge >= 0.3 is 65.1 Å². The molecule has 3 aromatic carbocycles. The zero-order chi connectivity index (χ0) is 20.7. The molecule has 2 heterocycles. The van der Waals surface area contributed by atoms with Gasteiger partial charge in [0.25, 0.3) is 0 Å². The third kappa shape index (κ3) is 4.01. The molecule has 0 fully saturated rings. The van der Waals surface area contributed by atoms with Crippen LogP contribution in [-0.4, -0.2) is 75.3 Å². The monoisotopic (exact) mass is 884 g/mol. The molecule has 150 valence electrons. The number of phenols is 2. The van der Waals surface area contributed by atoms with E-state index in [1.54, 1.807) is 24.3 Å². The second-order valence-electron chi connectivity index (χ2n) is 6.54. The minimum absolute atomic E-state index is 0. The summed E-state index contributed by atoms with van der Waals surface area (Å²) in [5.74, 6) is 0.421. The van der Waals surface area contributed by atoms with Crippen molar-refractivity contribution in [2.45, 2.75) is 5.60 Å². The summed E-state index contributed by atoms with van der Waals surface area (Å²) in [4.78, 5) is 13.2. The SMILES string of the molecule is O=C1OC2(c3ccc(O)cc3Oc3cc(O)ccc32)c2c(I)c(I)c(I)c(I)c21.[NaH].[NaH]. The Labute approximate surface area is 276 Å². The molecule has 0 saturated carbocycles.